The minimum absolute atomic E-state index is 0. The van der Waals surface area contributed by atoms with Gasteiger partial charge in [0.1, 0.15) is 12.4 Å². The number of likely N-dealkylation sites (N-methyl/N-ethyl adjacent to an activating group) is 1. The molecule has 2 heterocycles. The molecule has 0 spiro atoms. The van der Waals surface area contributed by atoms with E-state index in [-0.39, 0.29) is 24.0 Å². The average molecular weight is 525 g/mol. The molecule has 0 radical (unpaired) electrons. The molecule has 0 saturated heterocycles. The first-order valence-corrected chi connectivity index (χ1v) is 11.0. The second kappa shape index (κ2) is 12.8. The van der Waals surface area contributed by atoms with Gasteiger partial charge < -0.3 is 20.1 Å². The van der Waals surface area contributed by atoms with Gasteiger partial charge in [0.2, 0.25) is 0 Å². The summed E-state index contributed by atoms with van der Waals surface area (Å²) in [5.74, 6) is 2.91. The van der Waals surface area contributed by atoms with Crippen molar-refractivity contribution >= 4 is 35.6 Å². The zero-order valence-electron chi connectivity index (χ0n) is 18.5. The van der Waals surface area contributed by atoms with Crippen molar-refractivity contribution in [3.8, 4) is 0 Å². The van der Waals surface area contributed by atoms with Gasteiger partial charge in [-0.3, -0.25) is 0 Å². The van der Waals surface area contributed by atoms with Crippen LogP contribution in [0.5, 0.6) is 0 Å². The zero-order chi connectivity index (χ0) is 20.5. The van der Waals surface area contributed by atoms with Crippen molar-refractivity contribution in [1.29, 1.82) is 0 Å². The molecule has 166 valence electrons. The molecule has 2 aromatic rings. The summed E-state index contributed by atoms with van der Waals surface area (Å²) in [5.41, 5.74) is 2.55. The maximum absolute atomic E-state index is 4.76. The summed E-state index contributed by atoms with van der Waals surface area (Å²) in [4.78, 5) is 7.13. The molecule has 0 unspecified atom stereocenters. The molecule has 7 nitrogen and oxygen atoms in total. The Bertz CT molecular complexity index is 803. The molecule has 1 aliphatic heterocycles. The number of fused-ring (bicyclic) bond motifs is 1. The Balaban J connectivity index is 0.00000320. The predicted molar refractivity (Wildman–Crippen MR) is 135 cm³/mol. The van der Waals surface area contributed by atoms with E-state index in [0.29, 0.717) is 6.54 Å². The molecule has 0 amide bonds. The number of hydrogen-bond donors (Lipinski definition) is 2. The third-order valence-electron chi connectivity index (χ3n) is 5.33. The van der Waals surface area contributed by atoms with E-state index in [1.165, 1.54) is 30.5 Å². The maximum atomic E-state index is 4.76. The third-order valence-corrected chi connectivity index (χ3v) is 5.33. The minimum atomic E-state index is 0. The summed E-state index contributed by atoms with van der Waals surface area (Å²) in [6.45, 7) is 11.5. The fraction of sp³-hybridized carbons (Fsp3) is 0.591. The van der Waals surface area contributed by atoms with E-state index in [4.69, 9.17) is 4.99 Å². The lowest BCUT2D eigenvalue weighted by Crippen LogP contribution is -2.41. The van der Waals surface area contributed by atoms with Crippen LogP contribution in [0.3, 0.4) is 0 Å². The lowest BCUT2D eigenvalue weighted by atomic mass is 10.2. The van der Waals surface area contributed by atoms with Gasteiger partial charge in [-0.15, -0.1) is 34.2 Å². The van der Waals surface area contributed by atoms with Gasteiger partial charge in [0, 0.05) is 44.8 Å². The van der Waals surface area contributed by atoms with Gasteiger partial charge in [0.25, 0.3) is 0 Å². The van der Waals surface area contributed by atoms with Crippen LogP contribution < -0.4 is 15.5 Å². The summed E-state index contributed by atoms with van der Waals surface area (Å²) in [5, 5.41) is 15.6. The predicted octanol–water partition coefficient (Wildman–Crippen LogP) is 3.51. The van der Waals surface area contributed by atoms with Gasteiger partial charge in [-0.2, -0.15) is 0 Å². The summed E-state index contributed by atoms with van der Waals surface area (Å²) in [6.07, 6.45) is 4.71. The van der Waals surface area contributed by atoms with Gasteiger partial charge in [0.05, 0.1) is 0 Å². The van der Waals surface area contributed by atoms with Crippen LogP contribution in [-0.4, -0.2) is 46.9 Å². The summed E-state index contributed by atoms with van der Waals surface area (Å²) in [6, 6.07) is 8.66. The average Bonchev–Trinajstić information content (AvgIpc) is 2.95. The minimum Gasteiger partial charge on any atom is -0.370 e. The molecule has 1 aromatic carbocycles. The monoisotopic (exact) mass is 525 g/mol. The van der Waals surface area contributed by atoms with Crippen LogP contribution in [0.25, 0.3) is 0 Å². The number of rotatable bonds is 8. The van der Waals surface area contributed by atoms with Gasteiger partial charge in [-0.05, 0) is 51.3 Å². The van der Waals surface area contributed by atoms with Crippen molar-refractivity contribution < 1.29 is 0 Å². The van der Waals surface area contributed by atoms with Crippen molar-refractivity contribution in [3.63, 3.8) is 0 Å². The molecule has 0 atom stereocenters. The number of nitrogens with zero attached hydrogens (tertiary/aromatic N) is 5. The van der Waals surface area contributed by atoms with Crippen LogP contribution in [0.4, 0.5) is 5.69 Å². The molecule has 8 heteroatoms. The van der Waals surface area contributed by atoms with Crippen molar-refractivity contribution in [2.75, 3.05) is 31.1 Å². The quantitative estimate of drug-likeness (QED) is 0.314. The molecule has 0 fully saturated rings. The molecule has 1 aromatic heterocycles. The molecule has 1 aliphatic rings. The van der Waals surface area contributed by atoms with Crippen LogP contribution >= 0.6 is 24.0 Å². The second-order valence-electron chi connectivity index (χ2n) is 7.54. The number of aryl methyl sites for hydroxylation is 2. The number of benzene rings is 1. The molecule has 0 bridgehead atoms. The number of hydrogen-bond acceptors (Lipinski definition) is 4. The first-order chi connectivity index (χ1) is 14.2. The third kappa shape index (κ3) is 6.85. The van der Waals surface area contributed by atoms with Crippen LogP contribution in [0.2, 0.25) is 0 Å². The number of nitrogens with one attached hydrogen (secondary N) is 2. The molecular weight excluding hydrogens is 489 g/mol. The van der Waals surface area contributed by atoms with E-state index < -0.39 is 0 Å². The van der Waals surface area contributed by atoms with Crippen LogP contribution in [0.15, 0.2) is 29.3 Å². The molecule has 30 heavy (non-hydrogen) atoms. The largest absolute Gasteiger partial charge is 0.370 e. The Morgan fingerprint density at radius 2 is 2.03 bits per heavy atom. The Morgan fingerprint density at radius 1 is 1.17 bits per heavy atom. The normalized spacial score (nSPS) is 13.8. The highest BCUT2D eigenvalue weighted by Gasteiger charge is 2.14. The van der Waals surface area contributed by atoms with E-state index in [0.717, 1.165) is 56.8 Å². The first-order valence-electron chi connectivity index (χ1n) is 11.0. The fourth-order valence-corrected chi connectivity index (χ4v) is 3.76. The van der Waals surface area contributed by atoms with Crippen molar-refractivity contribution in [2.24, 2.45) is 4.99 Å². The van der Waals surface area contributed by atoms with Crippen molar-refractivity contribution in [2.45, 2.75) is 59.5 Å². The number of anilines is 1. The smallest absolute Gasteiger partial charge is 0.191 e. The van der Waals surface area contributed by atoms with Crippen LogP contribution in [0.1, 0.15) is 50.3 Å². The number of guanidine groups is 1. The number of aliphatic imine (C=N–C) groups is 1. The Kier molecular flexibility index (Phi) is 10.4. The van der Waals surface area contributed by atoms with Gasteiger partial charge in [0.15, 0.2) is 11.8 Å². The fourth-order valence-electron chi connectivity index (χ4n) is 3.76. The topological polar surface area (TPSA) is 70.4 Å². The number of aromatic nitrogens is 3. The number of halogens is 1. The summed E-state index contributed by atoms with van der Waals surface area (Å²) >= 11 is 0. The van der Waals surface area contributed by atoms with Gasteiger partial charge >= 0.3 is 0 Å². The van der Waals surface area contributed by atoms with Crippen molar-refractivity contribution in [1.82, 2.24) is 25.4 Å². The summed E-state index contributed by atoms with van der Waals surface area (Å²) in [7, 11) is 0. The van der Waals surface area contributed by atoms with Gasteiger partial charge in [-0.25, -0.2) is 4.99 Å². The molecule has 0 saturated carbocycles. The van der Waals surface area contributed by atoms with E-state index in [9.17, 15) is 0 Å². The Morgan fingerprint density at radius 3 is 2.80 bits per heavy atom. The highest BCUT2D eigenvalue weighted by molar-refractivity contribution is 14.0. The van der Waals surface area contributed by atoms with E-state index in [1.54, 1.807) is 0 Å². The summed E-state index contributed by atoms with van der Waals surface area (Å²) < 4.78 is 2.26. The van der Waals surface area contributed by atoms with E-state index >= 15 is 0 Å². The molecule has 0 aliphatic carbocycles. The lowest BCUT2D eigenvalue weighted by molar-refractivity contribution is 0.605. The zero-order valence-corrected chi connectivity index (χ0v) is 20.9. The lowest BCUT2D eigenvalue weighted by Gasteiger charge is -2.24. The highest BCUT2D eigenvalue weighted by Crippen LogP contribution is 2.16. The van der Waals surface area contributed by atoms with E-state index in [2.05, 4.69) is 75.3 Å². The van der Waals surface area contributed by atoms with Crippen LogP contribution in [0, 0.1) is 6.92 Å². The molecule has 2 N–H and O–H groups in total. The SMILES string of the molecule is CCNC(=NCc1nnc2n1CCCCC2)NCCN(CC)c1cccc(C)c1.I. The standard InChI is InChI=1S/C22H35N7.HI/c1-4-23-22(24-13-15-28(5-2)19-11-9-10-18(3)16-19)25-17-21-27-26-20-12-7-6-8-14-29(20)21;/h9-11,16H,4-8,12-15,17H2,1-3H3,(H2,23,24,25);1H. The van der Waals surface area contributed by atoms with Gasteiger partial charge in [-0.1, -0.05) is 18.6 Å². The van der Waals surface area contributed by atoms with E-state index in [1.807, 2.05) is 0 Å². The Labute approximate surface area is 197 Å². The van der Waals surface area contributed by atoms with Crippen LogP contribution in [-0.2, 0) is 19.5 Å². The van der Waals surface area contributed by atoms with Crippen molar-refractivity contribution in [3.05, 3.63) is 41.5 Å². The first kappa shape index (κ1) is 24.4. The molecule has 3 rings (SSSR count). The maximum Gasteiger partial charge on any atom is 0.191 e. The Hall–Kier alpha value is -1.84. The second-order valence-corrected chi connectivity index (χ2v) is 7.54. The molecular formula is C22H36IN7. The highest BCUT2D eigenvalue weighted by atomic mass is 127.